The standard InChI is InChI=1S/C11H10BrN/c1-9-7-13(8-11(9)12)10-5-3-2-4-6-10/h2-8H,1H3. The highest BCUT2D eigenvalue weighted by atomic mass is 79.9. The first-order valence-corrected chi connectivity index (χ1v) is 4.96. The van der Waals surface area contributed by atoms with Crippen molar-refractivity contribution in [3.05, 3.63) is 52.8 Å². The lowest BCUT2D eigenvalue weighted by molar-refractivity contribution is 1.07. The van der Waals surface area contributed by atoms with Crippen LogP contribution in [0.1, 0.15) is 5.56 Å². The molecule has 0 aliphatic heterocycles. The van der Waals surface area contributed by atoms with Gasteiger partial charge in [-0.2, -0.15) is 0 Å². The third kappa shape index (κ3) is 1.68. The van der Waals surface area contributed by atoms with Crippen LogP contribution in [-0.2, 0) is 0 Å². The van der Waals surface area contributed by atoms with Gasteiger partial charge in [-0.1, -0.05) is 18.2 Å². The largest absolute Gasteiger partial charge is 0.322 e. The molecule has 13 heavy (non-hydrogen) atoms. The van der Waals surface area contributed by atoms with Gasteiger partial charge in [-0.15, -0.1) is 0 Å². The second kappa shape index (κ2) is 3.38. The molecule has 0 amide bonds. The van der Waals surface area contributed by atoms with E-state index in [1.807, 2.05) is 18.2 Å². The summed E-state index contributed by atoms with van der Waals surface area (Å²) in [7, 11) is 0. The van der Waals surface area contributed by atoms with Crippen molar-refractivity contribution in [1.29, 1.82) is 0 Å². The van der Waals surface area contributed by atoms with Crippen molar-refractivity contribution in [2.24, 2.45) is 0 Å². The minimum atomic E-state index is 1.15. The molecule has 0 aliphatic carbocycles. The number of halogens is 1. The number of aromatic nitrogens is 1. The minimum Gasteiger partial charge on any atom is -0.322 e. The van der Waals surface area contributed by atoms with Gasteiger partial charge in [0.05, 0.1) is 0 Å². The van der Waals surface area contributed by atoms with Crippen molar-refractivity contribution in [1.82, 2.24) is 4.57 Å². The van der Waals surface area contributed by atoms with Gasteiger partial charge in [0.15, 0.2) is 0 Å². The van der Waals surface area contributed by atoms with Gasteiger partial charge in [-0.05, 0) is 40.5 Å². The fourth-order valence-electron chi connectivity index (χ4n) is 1.28. The number of hydrogen-bond acceptors (Lipinski definition) is 0. The Labute approximate surface area is 86.1 Å². The van der Waals surface area contributed by atoms with Crippen molar-refractivity contribution < 1.29 is 0 Å². The average Bonchev–Trinajstić information content (AvgIpc) is 2.49. The highest BCUT2D eigenvalue weighted by Gasteiger charge is 1.99. The maximum atomic E-state index is 3.49. The van der Waals surface area contributed by atoms with Crippen molar-refractivity contribution in [2.75, 3.05) is 0 Å². The van der Waals surface area contributed by atoms with Gasteiger partial charge in [0.25, 0.3) is 0 Å². The molecule has 2 aromatic rings. The van der Waals surface area contributed by atoms with Crippen LogP contribution in [0.5, 0.6) is 0 Å². The van der Waals surface area contributed by atoms with E-state index >= 15 is 0 Å². The molecule has 0 spiro atoms. The van der Waals surface area contributed by atoms with Crippen molar-refractivity contribution in [3.63, 3.8) is 0 Å². The second-order valence-electron chi connectivity index (χ2n) is 3.03. The molecule has 1 aromatic carbocycles. The van der Waals surface area contributed by atoms with Gasteiger partial charge in [-0.3, -0.25) is 0 Å². The number of rotatable bonds is 1. The summed E-state index contributed by atoms with van der Waals surface area (Å²) in [6.45, 7) is 2.09. The third-order valence-electron chi connectivity index (χ3n) is 2.02. The van der Waals surface area contributed by atoms with Crippen molar-refractivity contribution >= 4 is 15.9 Å². The molecule has 0 radical (unpaired) electrons. The van der Waals surface area contributed by atoms with E-state index < -0.39 is 0 Å². The molecule has 2 heteroatoms. The molecule has 0 unspecified atom stereocenters. The molecule has 0 saturated heterocycles. The molecule has 1 aromatic heterocycles. The van der Waals surface area contributed by atoms with Gasteiger partial charge < -0.3 is 4.57 Å². The molecule has 1 nitrogen and oxygen atoms in total. The highest BCUT2D eigenvalue weighted by Crippen LogP contribution is 2.19. The summed E-state index contributed by atoms with van der Waals surface area (Å²) in [5.74, 6) is 0. The van der Waals surface area contributed by atoms with E-state index in [2.05, 4.69) is 51.9 Å². The smallest absolute Gasteiger partial charge is 0.0449 e. The number of aryl methyl sites for hydroxylation is 1. The Balaban J connectivity index is 2.48. The van der Waals surface area contributed by atoms with E-state index in [9.17, 15) is 0 Å². The maximum Gasteiger partial charge on any atom is 0.0449 e. The first-order valence-electron chi connectivity index (χ1n) is 4.17. The minimum absolute atomic E-state index is 1.15. The van der Waals surface area contributed by atoms with Gasteiger partial charge in [0.2, 0.25) is 0 Å². The van der Waals surface area contributed by atoms with Crippen LogP contribution >= 0.6 is 15.9 Å². The predicted octanol–water partition coefficient (Wildman–Crippen LogP) is 3.55. The predicted molar refractivity (Wildman–Crippen MR) is 58.2 cm³/mol. The van der Waals surface area contributed by atoms with Crippen LogP contribution in [0.2, 0.25) is 0 Å². The molecule has 0 bridgehead atoms. The molecule has 0 N–H and O–H groups in total. The van der Waals surface area contributed by atoms with Gasteiger partial charge in [-0.25, -0.2) is 0 Å². The molecular formula is C11H10BrN. The van der Waals surface area contributed by atoms with E-state index in [1.165, 1.54) is 11.3 Å². The Kier molecular flexibility index (Phi) is 2.23. The van der Waals surface area contributed by atoms with E-state index in [1.54, 1.807) is 0 Å². The summed E-state index contributed by atoms with van der Waals surface area (Å²) in [5.41, 5.74) is 2.44. The van der Waals surface area contributed by atoms with Crippen LogP contribution in [0.4, 0.5) is 0 Å². The lowest BCUT2D eigenvalue weighted by Crippen LogP contribution is -1.87. The van der Waals surface area contributed by atoms with Crippen LogP contribution in [0.3, 0.4) is 0 Å². The second-order valence-corrected chi connectivity index (χ2v) is 3.89. The third-order valence-corrected chi connectivity index (χ3v) is 2.85. The number of benzene rings is 1. The molecule has 0 saturated carbocycles. The van der Waals surface area contributed by atoms with E-state index in [0.29, 0.717) is 0 Å². The number of nitrogens with zero attached hydrogens (tertiary/aromatic N) is 1. The van der Waals surface area contributed by atoms with Gasteiger partial charge in [0, 0.05) is 22.6 Å². The lowest BCUT2D eigenvalue weighted by atomic mass is 10.3. The van der Waals surface area contributed by atoms with Gasteiger partial charge in [0.1, 0.15) is 0 Å². The first kappa shape index (κ1) is 8.57. The summed E-state index contributed by atoms with van der Waals surface area (Å²) in [6, 6.07) is 10.3. The topological polar surface area (TPSA) is 4.93 Å². The summed E-state index contributed by atoms with van der Waals surface area (Å²) < 4.78 is 3.26. The van der Waals surface area contributed by atoms with Gasteiger partial charge >= 0.3 is 0 Å². The zero-order chi connectivity index (χ0) is 9.26. The lowest BCUT2D eigenvalue weighted by Gasteiger charge is -2.00. The quantitative estimate of drug-likeness (QED) is 0.713. The van der Waals surface area contributed by atoms with E-state index in [0.717, 1.165) is 4.47 Å². The molecule has 0 aliphatic rings. The molecule has 66 valence electrons. The maximum absolute atomic E-state index is 3.49. The number of hydrogen-bond donors (Lipinski definition) is 0. The van der Waals surface area contributed by atoms with E-state index in [-0.39, 0.29) is 0 Å². The Hall–Kier alpha value is -1.02. The summed E-state index contributed by atoms with van der Waals surface area (Å²) in [5, 5.41) is 0. The van der Waals surface area contributed by atoms with Crippen molar-refractivity contribution in [3.8, 4) is 5.69 Å². The summed E-state index contributed by atoms with van der Waals surface area (Å²) in [4.78, 5) is 0. The Morgan fingerprint density at radius 2 is 1.77 bits per heavy atom. The monoisotopic (exact) mass is 235 g/mol. The van der Waals surface area contributed by atoms with Crippen LogP contribution in [0, 0.1) is 6.92 Å². The Bertz CT molecular complexity index is 384. The Morgan fingerprint density at radius 3 is 2.31 bits per heavy atom. The summed E-state index contributed by atoms with van der Waals surface area (Å²) in [6.07, 6.45) is 4.18. The normalized spacial score (nSPS) is 10.3. The van der Waals surface area contributed by atoms with Crippen LogP contribution in [0.15, 0.2) is 47.2 Å². The first-order chi connectivity index (χ1) is 6.27. The van der Waals surface area contributed by atoms with E-state index in [4.69, 9.17) is 0 Å². The number of para-hydroxylation sites is 1. The average molecular weight is 236 g/mol. The SMILES string of the molecule is Cc1cn(-c2ccccc2)cc1Br. The zero-order valence-electron chi connectivity index (χ0n) is 7.37. The molecule has 0 atom stereocenters. The van der Waals surface area contributed by atoms with Crippen LogP contribution < -0.4 is 0 Å². The fourth-order valence-corrected chi connectivity index (χ4v) is 1.60. The zero-order valence-corrected chi connectivity index (χ0v) is 8.95. The van der Waals surface area contributed by atoms with Crippen LogP contribution in [0.25, 0.3) is 5.69 Å². The summed E-state index contributed by atoms with van der Waals surface area (Å²) >= 11 is 3.49. The molecule has 2 rings (SSSR count). The molecule has 0 fully saturated rings. The van der Waals surface area contributed by atoms with Crippen LogP contribution in [-0.4, -0.2) is 4.57 Å². The fraction of sp³-hybridized carbons (Fsp3) is 0.0909. The molecular weight excluding hydrogens is 226 g/mol. The highest BCUT2D eigenvalue weighted by molar-refractivity contribution is 9.10. The molecule has 1 heterocycles. The Morgan fingerprint density at radius 1 is 1.08 bits per heavy atom. The van der Waals surface area contributed by atoms with Crippen molar-refractivity contribution in [2.45, 2.75) is 6.92 Å².